The highest BCUT2D eigenvalue weighted by atomic mass is 19.4. The molecule has 0 radical (unpaired) electrons. The predicted octanol–water partition coefficient (Wildman–Crippen LogP) is 6.98. The third-order valence-electron chi connectivity index (χ3n) is 8.15. The molecule has 194 valence electrons. The van der Waals surface area contributed by atoms with E-state index in [2.05, 4.69) is 4.99 Å². The minimum Gasteiger partial charge on any atom is -0.510 e. The molecule has 3 atom stereocenters. The number of nitrogens with zero attached hydrogens (tertiary/aromatic N) is 1. The van der Waals surface area contributed by atoms with Crippen molar-refractivity contribution in [2.75, 3.05) is 13.2 Å². The first-order chi connectivity index (χ1) is 17.3. The second-order valence-electron chi connectivity index (χ2n) is 10.5. The van der Waals surface area contributed by atoms with Crippen LogP contribution in [-0.4, -0.2) is 36.0 Å². The Balaban J connectivity index is 1.37. The Morgan fingerprint density at radius 3 is 2.58 bits per heavy atom. The van der Waals surface area contributed by atoms with Gasteiger partial charge in [0.15, 0.2) is 5.78 Å². The molecule has 0 aromatic carbocycles. The molecule has 2 aliphatic heterocycles. The quantitative estimate of drug-likeness (QED) is 0.273. The van der Waals surface area contributed by atoms with E-state index in [0.29, 0.717) is 23.0 Å². The van der Waals surface area contributed by atoms with E-state index < -0.39 is 23.5 Å². The minimum atomic E-state index is -4.69. The number of carbonyl (C=O) groups is 1. The van der Waals surface area contributed by atoms with Crippen LogP contribution in [0.4, 0.5) is 13.2 Å². The van der Waals surface area contributed by atoms with Crippen LogP contribution in [-0.2, 0) is 9.53 Å². The Bertz CT molecular complexity index is 1090. The maximum atomic E-state index is 14.1. The molecule has 4 aliphatic rings. The average molecular weight is 504 g/mol. The Hall–Kier alpha value is -2.61. The van der Waals surface area contributed by atoms with Gasteiger partial charge in [0.2, 0.25) is 0 Å². The zero-order chi connectivity index (χ0) is 25.3. The number of aliphatic hydroxyl groups is 1. The lowest BCUT2D eigenvalue weighted by Crippen LogP contribution is -2.26. The molecule has 5 nitrogen and oxygen atoms in total. The molecule has 3 unspecified atom stereocenters. The number of hydrogen-bond donors (Lipinski definition) is 1. The van der Waals surface area contributed by atoms with Crippen LogP contribution < -0.4 is 0 Å². The molecule has 1 aromatic heterocycles. The molecule has 1 aromatic rings. The summed E-state index contributed by atoms with van der Waals surface area (Å²) in [5.41, 5.74) is -0.564. The number of ketones is 1. The van der Waals surface area contributed by atoms with Gasteiger partial charge in [0.1, 0.15) is 11.5 Å². The van der Waals surface area contributed by atoms with Gasteiger partial charge in [-0.1, -0.05) is 18.9 Å². The number of Topliss-reactive ketones (excluding diaryl/α,β-unsaturated/α-hetero) is 1. The van der Waals surface area contributed by atoms with Gasteiger partial charge >= 0.3 is 6.18 Å². The van der Waals surface area contributed by atoms with E-state index in [-0.39, 0.29) is 29.5 Å². The van der Waals surface area contributed by atoms with Crippen molar-refractivity contribution >= 4 is 17.1 Å². The topological polar surface area (TPSA) is 72.0 Å². The number of hydrogen-bond acceptors (Lipinski definition) is 5. The lowest BCUT2D eigenvalue weighted by atomic mass is 9.85. The summed E-state index contributed by atoms with van der Waals surface area (Å²) in [4.78, 5) is 17.4. The fraction of sp³-hybridized carbons (Fsp3) is 0.571. The van der Waals surface area contributed by atoms with Crippen LogP contribution in [0, 0.1) is 23.7 Å². The molecular weight excluding hydrogens is 471 g/mol. The normalized spacial score (nSPS) is 29.6. The van der Waals surface area contributed by atoms with Gasteiger partial charge in [-0.25, -0.2) is 4.99 Å². The number of carbonyl (C=O) groups excluding carboxylic acids is 1. The summed E-state index contributed by atoms with van der Waals surface area (Å²) in [7, 11) is 0. The van der Waals surface area contributed by atoms with Crippen molar-refractivity contribution in [2.24, 2.45) is 28.7 Å². The summed E-state index contributed by atoms with van der Waals surface area (Å²) < 4.78 is 52.7. The van der Waals surface area contributed by atoms with E-state index in [1.54, 1.807) is 12.1 Å². The Labute approximate surface area is 208 Å². The fourth-order valence-corrected chi connectivity index (χ4v) is 6.12. The standard InChI is InChI=1S/C28H32F3NO4/c29-28(30,31)23-15-20(21-10-13-36-16-21)6-7-22-24(23)32-25(27(22)34)26(33)19-3-1-2-17(4-5-19)14-18-8-11-35-12-9-18/h6,10,13,15-19,22,33H,1-5,7-9,11-12,14H2. The zero-order valence-electron chi connectivity index (χ0n) is 20.2. The molecule has 2 fully saturated rings. The van der Waals surface area contributed by atoms with Gasteiger partial charge < -0.3 is 14.3 Å². The predicted molar refractivity (Wildman–Crippen MR) is 129 cm³/mol. The molecule has 1 saturated heterocycles. The van der Waals surface area contributed by atoms with Crippen molar-refractivity contribution in [3.8, 4) is 0 Å². The summed E-state index contributed by atoms with van der Waals surface area (Å²) in [6.45, 7) is 1.65. The van der Waals surface area contributed by atoms with Crippen LogP contribution in [0.5, 0.6) is 0 Å². The number of alkyl halides is 3. The minimum absolute atomic E-state index is 0.0862. The Morgan fingerprint density at radius 2 is 1.86 bits per heavy atom. The molecule has 1 N–H and O–H groups in total. The number of rotatable bonds is 4. The number of furan rings is 1. The van der Waals surface area contributed by atoms with Crippen molar-refractivity contribution in [3.05, 3.63) is 53.3 Å². The van der Waals surface area contributed by atoms with E-state index in [9.17, 15) is 23.1 Å². The largest absolute Gasteiger partial charge is 0.510 e. The smallest absolute Gasteiger partial charge is 0.418 e. The molecule has 3 heterocycles. The second kappa shape index (κ2) is 10.4. The summed E-state index contributed by atoms with van der Waals surface area (Å²) in [6, 6.07) is 1.58. The first-order valence-electron chi connectivity index (χ1n) is 13.0. The monoisotopic (exact) mass is 503 g/mol. The van der Waals surface area contributed by atoms with Gasteiger partial charge in [-0.15, -0.1) is 0 Å². The highest BCUT2D eigenvalue weighted by Crippen LogP contribution is 2.42. The van der Waals surface area contributed by atoms with Crippen LogP contribution in [0.25, 0.3) is 5.57 Å². The van der Waals surface area contributed by atoms with Gasteiger partial charge in [-0.2, -0.15) is 13.2 Å². The Morgan fingerprint density at radius 1 is 1.08 bits per heavy atom. The third-order valence-corrected chi connectivity index (χ3v) is 8.15. The van der Waals surface area contributed by atoms with E-state index >= 15 is 0 Å². The molecule has 0 bridgehead atoms. The van der Waals surface area contributed by atoms with E-state index in [1.165, 1.54) is 12.5 Å². The highest BCUT2D eigenvalue weighted by Gasteiger charge is 2.47. The number of fused-ring (bicyclic) bond motifs is 1. The van der Waals surface area contributed by atoms with Crippen LogP contribution in [0.1, 0.15) is 63.4 Å². The van der Waals surface area contributed by atoms with Gasteiger partial charge in [-0.05, 0) is 74.5 Å². The fourth-order valence-electron chi connectivity index (χ4n) is 6.12. The lowest BCUT2D eigenvalue weighted by Gasteiger charge is -2.26. The van der Waals surface area contributed by atoms with Crippen molar-refractivity contribution < 1.29 is 32.2 Å². The van der Waals surface area contributed by atoms with Crippen molar-refractivity contribution in [3.63, 3.8) is 0 Å². The summed E-state index contributed by atoms with van der Waals surface area (Å²) in [5.74, 6) is -0.705. The molecule has 5 rings (SSSR count). The number of halogens is 3. The average Bonchev–Trinajstić information content (AvgIpc) is 3.36. The van der Waals surface area contributed by atoms with Crippen molar-refractivity contribution in [2.45, 2.75) is 64.0 Å². The maximum Gasteiger partial charge on any atom is 0.418 e. The number of allylic oxidation sites excluding steroid dienone is 6. The molecule has 0 spiro atoms. The highest BCUT2D eigenvalue weighted by molar-refractivity contribution is 6.25. The number of ether oxygens (including phenoxy) is 1. The van der Waals surface area contributed by atoms with Crippen molar-refractivity contribution in [1.29, 1.82) is 0 Å². The van der Waals surface area contributed by atoms with Gasteiger partial charge in [-0.3, -0.25) is 4.79 Å². The van der Waals surface area contributed by atoms with Gasteiger partial charge in [0.25, 0.3) is 0 Å². The first-order valence-corrected chi connectivity index (χ1v) is 13.0. The molecule has 1 saturated carbocycles. The number of aliphatic hydroxyl groups excluding tert-OH is 1. The van der Waals surface area contributed by atoms with Crippen LogP contribution in [0.15, 0.2) is 57.2 Å². The first kappa shape index (κ1) is 25.1. The van der Waals surface area contributed by atoms with Crippen LogP contribution >= 0.6 is 0 Å². The maximum absolute atomic E-state index is 14.1. The van der Waals surface area contributed by atoms with Gasteiger partial charge in [0.05, 0.1) is 29.7 Å². The summed E-state index contributed by atoms with van der Waals surface area (Å²) in [6.07, 6.45) is 8.54. The number of aliphatic imine (C=N–C) groups is 1. The molecule has 2 aliphatic carbocycles. The molecule has 8 heteroatoms. The second-order valence-corrected chi connectivity index (χ2v) is 10.5. The van der Waals surface area contributed by atoms with Crippen molar-refractivity contribution in [1.82, 2.24) is 0 Å². The lowest BCUT2D eigenvalue weighted by molar-refractivity contribution is -0.117. The Kier molecular flexibility index (Phi) is 7.24. The summed E-state index contributed by atoms with van der Waals surface area (Å²) >= 11 is 0. The third kappa shape index (κ3) is 5.24. The molecule has 0 amide bonds. The molecule has 36 heavy (non-hydrogen) atoms. The van der Waals surface area contributed by atoms with Crippen LogP contribution in [0.2, 0.25) is 0 Å². The molecular formula is C28H32F3NO4. The van der Waals surface area contributed by atoms with Gasteiger partial charge in [0, 0.05) is 24.7 Å². The summed E-state index contributed by atoms with van der Waals surface area (Å²) in [5, 5.41) is 11.1. The van der Waals surface area contributed by atoms with Crippen LogP contribution in [0.3, 0.4) is 0 Å². The zero-order valence-corrected chi connectivity index (χ0v) is 20.2. The van der Waals surface area contributed by atoms with E-state index in [4.69, 9.17) is 9.15 Å². The SMILES string of the molecule is O=C1C(=C(O)C2CCCC(CC3CCOCC3)CC2)N=C2C(C(F)(F)F)=CC(c3ccoc3)=CCC12. The van der Waals surface area contributed by atoms with E-state index in [0.717, 1.165) is 70.7 Å². The van der Waals surface area contributed by atoms with E-state index in [1.807, 2.05) is 0 Å².